The van der Waals surface area contributed by atoms with E-state index in [-0.39, 0.29) is 12.1 Å². The van der Waals surface area contributed by atoms with Crippen LogP contribution in [0.2, 0.25) is 0 Å². The van der Waals surface area contributed by atoms with E-state index in [9.17, 15) is 4.79 Å². The molecule has 0 saturated carbocycles. The van der Waals surface area contributed by atoms with Crippen LogP contribution in [0.4, 0.5) is 0 Å². The van der Waals surface area contributed by atoms with E-state index in [2.05, 4.69) is 6.58 Å². The average molecular weight is 140 g/mol. The first-order chi connectivity index (χ1) is 4.66. The fraction of sp³-hybridized carbons (Fsp3) is 0.375. The summed E-state index contributed by atoms with van der Waals surface area (Å²) in [5, 5.41) is 0. The number of esters is 1. The summed E-state index contributed by atoms with van der Waals surface area (Å²) in [6.45, 7) is 6.66. The zero-order valence-corrected chi connectivity index (χ0v) is 6.33. The maximum absolute atomic E-state index is 10.3. The maximum Gasteiger partial charge on any atom is 0.303 e. The van der Waals surface area contributed by atoms with Gasteiger partial charge in [-0.3, -0.25) is 4.79 Å². The highest BCUT2D eigenvalue weighted by atomic mass is 16.5. The Balaban J connectivity index is 3.62. The third kappa shape index (κ3) is 5.09. The zero-order chi connectivity index (χ0) is 7.98. The van der Waals surface area contributed by atoms with Gasteiger partial charge in [0.1, 0.15) is 6.10 Å². The molecule has 0 rings (SSSR count). The van der Waals surface area contributed by atoms with Crippen LogP contribution in [0.5, 0.6) is 0 Å². The molecule has 0 aromatic rings. The zero-order valence-electron chi connectivity index (χ0n) is 6.33. The van der Waals surface area contributed by atoms with Crippen molar-refractivity contribution >= 4 is 5.97 Å². The summed E-state index contributed by atoms with van der Waals surface area (Å²) in [7, 11) is 0. The van der Waals surface area contributed by atoms with Crippen LogP contribution >= 0.6 is 0 Å². The van der Waals surface area contributed by atoms with E-state index in [0.717, 1.165) is 0 Å². The van der Waals surface area contributed by atoms with Gasteiger partial charge in [0, 0.05) is 6.92 Å². The molecule has 2 nitrogen and oxygen atoms in total. The molecule has 0 amide bonds. The SMILES string of the molecule is C=C/C=C\C(C)OC(C)=O. The van der Waals surface area contributed by atoms with Crippen LogP contribution in [-0.4, -0.2) is 12.1 Å². The van der Waals surface area contributed by atoms with Crippen molar-refractivity contribution < 1.29 is 9.53 Å². The molecule has 0 aliphatic rings. The number of carbonyl (C=O) groups is 1. The van der Waals surface area contributed by atoms with Gasteiger partial charge in [0.2, 0.25) is 0 Å². The van der Waals surface area contributed by atoms with Gasteiger partial charge in [-0.15, -0.1) is 0 Å². The van der Waals surface area contributed by atoms with Gasteiger partial charge in [-0.05, 0) is 13.0 Å². The van der Waals surface area contributed by atoms with Crippen molar-refractivity contribution in [3.05, 3.63) is 24.8 Å². The van der Waals surface area contributed by atoms with E-state index >= 15 is 0 Å². The van der Waals surface area contributed by atoms with Gasteiger partial charge in [0.05, 0.1) is 0 Å². The van der Waals surface area contributed by atoms with E-state index < -0.39 is 0 Å². The van der Waals surface area contributed by atoms with Crippen LogP contribution in [0.25, 0.3) is 0 Å². The summed E-state index contributed by atoms with van der Waals surface area (Å²) in [5.41, 5.74) is 0. The molecule has 10 heavy (non-hydrogen) atoms. The Bertz CT molecular complexity index is 147. The van der Waals surface area contributed by atoms with Gasteiger partial charge in [-0.1, -0.05) is 18.7 Å². The fourth-order valence-electron chi connectivity index (χ4n) is 0.536. The number of hydrogen-bond acceptors (Lipinski definition) is 2. The van der Waals surface area contributed by atoms with Gasteiger partial charge in [0.15, 0.2) is 0 Å². The molecule has 0 heterocycles. The highest BCUT2D eigenvalue weighted by Gasteiger charge is 1.97. The van der Waals surface area contributed by atoms with Crippen LogP contribution in [0.3, 0.4) is 0 Å². The van der Waals surface area contributed by atoms with Crippen molar-refractivity contribution in [2.24, 2.45) is 0 Å². The van der Waals surface area contributed by atoms with Crippen LogP contribution in [-0.2, 0) is 9.53 Å². The van der Waals surface area contributed by atoms with Crippen molar-refractivity contribution in [3.63, 3.8) is 0 Å². The molecule has 1 unspecified atom stereocenters. The van der Waals surface area contributed by atoms with Gasteiger partial charge < -0.3 is 4.74 Å². The second-order valence-electron chi connectivity index (χ2n) is 1.94. The third-order valence-corrected chi connectivity index (χ3v) is 0.870. The molecule has 56 valence electrons. The average Bonchev–Trinajstić information content (AvgIpc) is 1.82. The van der Waals surface area contributed by atoms with Crippen LogP contribution in [0, 0.1) is 0 Å². The summed E-state index contributed by atoms with van der Waals surface area (Å²) in [4.78, 5) is 10.3. The first kappa shape index (κ1) is 8.95. The Morgan fingerprint density at radius 2 is 2.30 bits per heavy atom. The molecular weight excluding hydrogens is 128 g/mol. The minimum absolute atomic E-state index is 0.157. The summed E-state index contributed by atoms with van der Waals surface area (Å²) < 4.78 is 4.78. The Morgan fingerprint density at radius 1 is 1.70 bits per heavy atom. The van der Waals surface area contributed by atoms with Crippen molar-refractivity contribution in [2.75, 3.05) is 0 Å². The Kier molecular flexibility index (Phi) is 4.29. The van der Waals surface area contributed by atoms with Crippen LogP contribution < -0.4 is 0 Å². The molecule has 0 aromatic carbocycles. The highest BCUT2D eigenvalue weighted by molar-refractivity contribution is 5.66. The van der Waals surface area contributed by atoms with Crippen molar-refractivity contribution in [1.82, 2.24) is 0 Å². The predicted octanol–water partition coefficient (Wildman–Crippen LogP) is 1.68. The first-order valence-corrected chi connectivity index (χ1v) is 3.13. The summed E-state index contributed by atoms with van der Waals surface area (Å²) in [5.74, 6) is -0.263. The molecule has 0 aliphatic heterocycles. The Hall–Kier alpha value is -1.05. The lowest BCUT2D eigenvalue weighted by atomic mass is 10.3. The summed E-state index contributed by atoms with van der Waals surface area (Å²) in [6.07, 6.45) is 4.98. The fourth-order valence-corrected chi connectivity index (χ4v) is 0.536. The highest BCUT2D eigenvalue weighted by Crippen LogP contribution is 1.92. The minimum Gasteiger partial charge on any atom is -0.459 e. The minimum atomic E-state index is -0.263. The predicted molar refractivity (Wildman–Crippen MR) is 40.6 cm³/mol. The smallest absolute Gasteiger partial charge is 0.303 e. The van der Waals surface area contributed by atoms with E-state index in [0.29, 0.717) is 0 Å². The largest absolute Gasteiger partial charge is 0.459 e. The molecule has 1 atom stereocenters. The van der Waals surface area contributed by atoms with E-state index in [1.54, 1.807) is 25.2 Å². The van der Waals surface area contributed by atoms with Crippen LogP contribution in [0.15, 0.2) is 24.8 Å². The lowest BCUT2D eigenvalue weighted by molar-refractivity contribution is -0.143. The molecule has 0 fully saturated rings. The molecule has 0 spiro atoms. The van der Waals surface area contributed by atoms with Crippen molar-refractivity contribution in [2.45, 2.75) is 20.0 Å². The van der Waals surface area contributed by atoms with Crippen molar-refractivity contribution in [1.29, 1.82) is 0 Å². The third-order valence-electron chi connectivity index (χ3n) is 0.870. The van der Waals surface area contributed by atoms with Crippen LogP contribution in [0.1, 0.15) is 13.8 Å². The molecule has 2 heteroatoms. The number of rotatable bonds is 3. The number of ether oxygens (including phenoxy) is 1. The number of hydrogen-bond donors (Lipinski definition) is 0. The maximum atomic E-state index is 10.3. The quantitative estimate of drug-likeness (QED) is 0.440. The molecular formula is C8H12O2. The first-order valence-electron chi connectivity index (χ1n) is 3.13. The van der Waals surface area contributed by atoms with Gasteiger partial charge in [-0.2, -0.15) is 0 Å². The molecule has 0 radical (unpaired) electrons. The van der Waals surface area contributed by atoms with E-state index in [4.69, 9.17) is 4.74 Å². The standard InChI is InChI=1S/C8H12O2/c1-4-5-6-7(2)10-8(3)9/h4-7H,1H2,2-3H3/b6-5-. The number of carbonyl (C=O) groups excluding carboxylic acids is 1. The second kappa shape index (κ2) is 4.79. The second-order valence-corrected chi connectivity index (χ2v) is 1.94. The Labute approximate surface area is 61.2 Å². The normalized spacial score (nSPS) is 13.0. The lowest BCUT2D eigenvalue weighted by Gasteiger charge is -2.04. The van der Waals surface area contributed by atoms with E-state index in [1.165, 1.54) is 6.92 Å². The molecule has 0 N–H and O–H groups in total. The lowest BCUT2D eigenvalue weighted by Crippen LogP contribution is -2.08. The molecule has 0 aromatic heterocycles. The molecule has 0 bridgehead atoms. The Morgan fingerprint density at radius 3 is 2.70 bits per heavy atom. The van der Waals surface area contributed by atoms with E-state index in [1.807, 2.05) is 0 Å². The monoisotopic (exact) mass is 140 g/mol. The molecule has 0 saturated heterocycles. The summed E-state index contributed by atoms with van der Waals surface area (Å²) >= 11 is 0. The summed E-state index contributed by atoms with van der Waals surface area (Å²) in [6, 6.07) is 0. The topological polar surface area (TPSA) is 26.3 Å². The van der Waals surface area contributed by atoms with Gasteiger partial charge >= 0.3 is 5.97 Å². The molecule has 0 aliphatic carbocycles. The number of allylic oxidation sites excluding steroid dienone is 2. The van der Waals surface area contributed by atoms with Gasteiger partial charge in [-0.25, -0.2) is 0 Å². The van der Waals surface area contributed by atoms with Gasteiger partial charge in [0.25, 0.3) is 0 Å². The van der Waals surface area contributed by atoms with Crippen molar-refractivity contribution in [3.8, 4) is 0 Å².